The lowest BCUT2D eigenvalue weighted by Gasteiger charge is -2.35. The van der Waals surface area contributed by atoms with Crippen molar-refractivity contribution < 1.29 is 4.74 Å². The predicted molar refractivity (Wildman–Crippen MR) is 110 cm³/mol. The topological polar surface area (TPSA) is 65.6 Å². The van der Waals surface area contributed by atoms with Crippen LogP contribution in [0.1, 0.15) is 39.0 Å². The maximum atomic E-state index is 5.37. The third kappa shape index (κ3) is 4.94. The Balaban J connectivity index is 1.79. The highest BCUT2D eigenvalue weighted by molar-refractivity contribution is 7.80. The lowest BCUT2D eigenvalue weighted by Crippen LogP contribution is -2.38. The van der Waals surface area contributed by atoms with Crippen molar-refractivity contribution in [3.63, 3.8) is 0 Å². The van der Waals surface area contributed by atoms with Crippen molar-refractivity contribution in [2.75, 3.05) is 55.0 Å². The number of ether oxygens (including phenoxy) is 1. The number of aromatic nitrogens is 2. The zero-order valence-electron chi connectivity index (χ0n) is 15.8. The van der Waals surface area contributed by atoms with Gasteiger partial charge < -0.3 is 25.2 Å². The van der Waals surface area contributed by atoms with E-state index in [1.165, 1.54) is 32.1 Å². The molecular weight excluding hydrogens is 348 g/mol. The van der Waals surface area contributed by atoms with Crippen molar-refractivity contribution in [1.82, 2.24) is 15.3 Å². The van der Waals surface area contributed by atoms with Crippen LogP contribution in [0.4, 0.5) is 17.6 Å². The molecular formula is C18H30N6OS. The maximum absolute atomic E-state index is 5.37. The van der Waals surface area contributed by atoms with Gasteiger partial charge >= 0.3 is 0 Å². The van der Waals surface area contributed by atoms with Crippen LogP contribution in [0.25, 0.3) is 0 Å². The number of thiocarbonyl (C=S) groups is 1. The zero-order valence-corrected chi connectivity index (χ0v) is 16.6. The fourth-order valence-electron chi connectivity index (χ4n) is 3.58. The molecule has 2 aliphatic rings. The second kappa shape index (κ2) is 9.32. The Bertz CT molecular complexity index is 607. The van der Waals surface area contributed by atoms with Crippen molar-refractivity contribution in [2.24, 2.45) is 0 Å². The van der Waals surface area contributed by atoms with Crippen molar-refractivity contribution in [3.05, 3.63) is 6.07 Å². The van der Waals surface area contributed by atoms with Crippen molar-refractivity contribution in [1.29, 1.82) is 0 Å². The third-order valence-electron chi connectivity index (χ3n) is 5.04. The first-order valence-corrected chi connectivity index (χ1v) is 10.0. The van der Waals surface area contributed by atoms with E-state index in [0.29, 0.717) is 30.3 Å². The number of anilines is 3. The lowest BCUT2D eigenvalue weighted by atomic mass is 10.0. The summed E-state index contributed by atoms with van der Waals surface area (Å²) in [6, 6.07) is 2.64. The van der Waals surface area contributed by atoms with Gasteiger partial charge in [0.1, 0.15) is 11.6 Å². The van der Waals surface area contributed by atoms with E-state index in [-0.39, 0.29) is 0 Å². The van der Waals surface area contributed by atoms with Crippen molar-refractivity contribution in [3.8, 4) is 0 Å². The Labute approximate surface area is 161 Å². The van der Waals surface area contributed by atoms with Gasteiger partial charge in [-0.2, -0.15) is 9.97 Å². The molecule has 1 unspecified atom stereocenters. The largest absolute Gasteiger partial charge is 0.383 e. The number of hydrogen-bond acceptors (Lipinski definition) is 6. The summed E-state index contributed by atoms with van der Waals surface area (Å²) in [6.45, 7) is 6.70. The number of nitrogens with one attached hydrogen (secondary N) is 2. The van der Waals surface area contributed by atoms with Gasteiger partial charge in [0.2, 0.25) is 5.95 Å². The van der Waals surface area contributed by atoms with E-state index >= 15 is 0 Å². The first-order valence-electron chi connectivity index (χ1n) is 9.62. The SMILES string of the molecule is COCCNC(=S)Nc1nc(N2CCCC2)cc(N2CCCCC2C)n1. The number of nitrogens with zero attached hydrogens (tertiary/aromatic N) is 4. The molecule has 26 heavy (non-hydrogen) atoms. The third-order valence-corrected chi connectivity index (χ3v) is 5.29. The van der Waals surface area contributed by atoms with Gasteiger partial charge in [0.15, 0.2) is 5.11 Å². The van der Waals surface area contributed by atoms with Crippen LogP contribution in [-0.2, 0) is 4.74 Å². The smallest absolute Gasteiger partial charge is 0.232 e. The minimum absolute atomic E-state index is 0.504. The van der Waals surface area contributed by atoms with E-state index < -0.39 is 0 Å². The molecule has 1 aromatic rings. The summed E-state index contributed by atoms with van der Waals surface area (Å²) in [5.74, 6) is 2.56. The zero-order chi connectivity index (χ0) is 18.4. The van der Waals surface area contributed by atoms with E-state index in [0.717, 1.165) is 31.3 Å². The Morgan fingerprint density at radius 2 is 1.92 bits per heavy atom. The fraction of sp³-hybridized carbons (Fsp3) is 0.722. The lowest BCUT2D eigenvalue weighted by molar-refractivity contribution is 0.204. The van der Waals surface area contributed by atoms with Gasteiger partial charge in [-0.05, 0) is 51.2 Å². The van der Waals surface area contributed by atoms with Crippen LogP contribution in [-0.4, -0.2) is 61.0 Å². The van der Waals surface area contributed by atoms with E-state index in [4.69, 9.17) is 26.9 Å². The molecule has 2 fully saturated rings. The summed E-state index contributed by atoms with van der Waals surface area (Å²) in [7, 11) is 1.67. The molecule has 1 atom stereocenters. The molecule has 3 rings (SSSR count). The summed E-state index contributed by atoms with van der Waals surface area (Å²) < 4.78 is 5.04. The highest BCUT2D eigenvalue weighted by atomic mass is 32.1. The van der Waals surface area contributed by atoms with Gasteiger partial charge in [0.05, 0.1) is 6.61 Å². The van der Waals surface area contributed by atoms with Crippen LogP contribution in [0.5, 0.6) is 0 Å². The molecule has 144 valence electrons. The molecule has 2 N–H and O–H groups in total. The molecule has 3 heterocycles. The summed E-state index contributed by atoms with van der Waals surface area (Å²) in [6.07, 6.45) is 6.16. The Morgan fingerprint density at radius 3 is 2.65 bits per heavy atom. The van der Waals surface area contributed by atoms with Gasteiger partial charge in [-0.15, -0.1) is 0 Å². The van der Waals surface area contributed by atoms with Crippen LogP contribution < -0.4 is 20.4 Å². The monoisotopic (exact) mass is 378 g/mol. The number of methoxy groups -OCH3 is 1. The highest BCUT2D eigenvalue weighted by Crippen LogP contribution is 2.28. The normalized spacial score (nSPS) is 20.3. The molecule has 0 aliphatic carbocycles. The Hall–Kier alpha value is -1.67. The molecule has 0 radical (unpaired) electrons. The molecule has 0 aromatic carbocycles. The summed E-state index contributed by atoms with van der Waals surface area (Å²) in [5.41, 5.74) is 0. The molecule has 0 amide bonds. The van der Waals surface area contributed by atoms with E-state index in [1.54, 1.807) is 7.11 Å². The van der Waals surface area contributed by atoms with E-state index in [2.05, 4.69) is 33.4 Å². The predicted octanol–water partition coefficient (Wildman–Crippen LogP) is 2.39. The van der Waals surface area contributed by atoms with Gasteiger partial charge in [-0.1, -0.05) is 0 Å². The first kappa shape index (κ1) is 19.1. The minimum atomic E-state index is 0.504. The molecule has 2 saturated heterocycles. The number of rotatable bonds is 6. The number of piperidine rings is 1. The Kier molecular flexibility index (Phi) is 6.85. The number of hydrogen-bond donors (Lipinski definition) is 2. The maximum Gasteiger partial charge on any atom is 0.232 e. The second-order valence-electron chi connectivity index (χ2n) is 7.01. The first-order chi connectivity index (χ1) is 12.7. The quantitative estimate of drug-likeness (QED) is 0.578. The van der Waals surface area contributed by atoms with Crippen LogP contribution in [0.3, 0.4) is 0 Å². The molecule has 1 aromatic heterocycles. The van der Waals surface area contributed by atoms with E-state index in [1.807, 2.05) is 0 Å². The molecule has 0 bridgehead atoms. The Morgan fingerprint density at radius 1 is 1.19 bits per heavy atom. The molecule has 2 aliphatic heterocycles. The average molecular weight is 379 g/mol. The van der Waals surface area contributed by atoms with Crippen LogP contribution in [0.15, 0.2) is 6.07 Å². The summed E-state index contributed by atoms with van der Waals surface area (Å²) in [5, 5.41) is 6.79. The van der Waals surface area contributed by atoms with E-state index in [9.17, 15) is 0 Å². The van der Waals surface area contributed by atoms with Crippen LogP contribution in [0, 0.1) is 0 Å². The summed E-state index contributed by atoms with van der Waals surface area (Å²) >= 11 is 5.37. The van der Waals surface area contributed by atoms with Crippen molar-refractivity contribution in [2.45, 2.75) is 45.1 Å². The fourth-order valence-corrected chi connectivity index (χ4v) is 3.78. The minimum Gasteiger partial charge on any atom is -0.383 e. The second-order valence-corrected chi connectivity index (χ2v) is 7.42. The van der Waals surface area contributed by atoms with Crippen LogP contribution >= 0.6 is 12.2 Å². The van der Waals surface area contributed by atoms with Gasteiger partial charge in [-0.3, -0.25) is 0 Å². The molecule has 0 spiro atoms. The average Bonchev–Trinajstić information content (AvgIpc) is 3.17. The van der Waals surface area contributed by atoms with Crippen molar-refractivity contribution >= 4 is 34.9 Å². The van der Waals surface area contributed by atoms with Crippen LogP contribution in [0.2, 0.25) is 0 Å². The summed E-state index contributed by atoms with van der Waals surface area (Å²) in [4.78, 5) is 14.2. The molecule has 7 nitrogen and oxygen atoms in total. The van der Waals surface area contributed by atoms with Gasteiger partial charge in [-0.25, -0.2) is 0 Å². The van der Waals surface area contributed by atoms with Gasteiger partial charge in [0, 0.05) is 45.4 Å². The standard InChI is InChI=1S/C18H30N6OS/c1-14-7-3-4-11-24(14)16-13-15(23-9-5-6-10-23)20-17(21-16)22-18(26)19-8-12-25-2/h13-14H,3-12H2,1-2H3,(H2,19,20,21,22,26). The molecule has 0 saturated carbocycles. The van der Waals surface area contributed by atoms with Gasteiger partial charge in [0.25, 0.3) is 0 Å². The molecule has 8 heteroatoms. The highest BCUT2D eigenvalue weighted by Gasteiger charge is 2.23.